The molecule has 3 aromatic rings. The van der Waals surface area contributed by atoms with E-state index < -0.39 is 0 Å². The van der Waals surface area contributed by atoms with Gasteiger partial charge in [0, 0.05) is 4.47 Å². The van der Waals surface area contributed by atoms with Gasteiger partial charge in [0.25, 0.3) is 0 Å². The van der Waals surface area contributed by atoms with E-state index >= 15 is 0 Å². The van der Waals surface area contributed by atoms with Crippen LogP contribution in [0.15, 0.2) is 71.2 Å². The van der Waals surface area contributed by atoms with Crippen molar-refractivity contribution in [3.63, 3.8) is 0 Å². The number of nitrogens with zero attached hydrogens (tertiary/aromatic N) is 1. The van der Waals surface area contributed by atoms with Crippen LogP contribution >= 0.6 is 15.9 Å². The SMILES string of the molecule is COc1cc(C2C=C(c3ccc(Br)cc3)NN2c2ccc(F)cc2)cc(OC)c1OC. The van der Waals surface area contributed by atoms with Crippen LogP contribution in [-0.4, -0.2) is 21.3 Å². The van der Waals surface area contributed by atoms with Gasteiger partial charge in [-0.3, -0.25) is 10.4 Å². The Balaban J connectivity index is 1.82. The standard InChI is InChI=1S/C24H22BrFN2O3/c1-29-22-12-16(13-23(30-2)24(22)31-3)21-14-20(15-4-6-17(25)7-5-15)27-28(21)19-10-8-18(26)9-11-19/h4-14,21,27H,1-3H3. The molecular weight excluding hydrogens is 463 g/mol. The minimum Gasteiger partial charge on any atom is -0.493 e. The van der Waals surface area contributed by atoms with Gasteiger partial charge in [-0.25, -0.2) is 4.39 Å². The fraction of sp³-hybridized carbons (Fsp3) is 0.167. The summed E-state index contributed by atoms with van der Waals surface area (Å²) in [5.41, 5.74) is 7.18. The summed E-state index contributed by atoms with van der Waals surface area (Å²) >= 11 is 3.48. The number of hydrogen-bond acceptors (Lipinski definition) is 5. The van der Waals surface area contributed by atoms with Crippen LogP contribution < -0.4 is 24.6 Å². The molecule has 0 saturated heterocycles. The fourth-order valence-electron chi connectivity index (χ4n) is 3.60. The molecule has 0 spiro atoms. The Bertz CT molecular complexity index is 1080. The second kappa shape index (κ2) is 8.89. The second-order valence-electron chi connectivity index (χ2n) is 6.95. The average molecular weight is 485 g/mol. The van der Waals surface area contributed by atoms with Crippen LogP contribution in [0, 0.1) is 5.82 Å². The normalized spacial score (nSPS) is 15.3. The van der Waals surface area contributed by atoms with Crippen molar-refractivity contribution in [2.75, 3.05) is 26.3 Å². The summed E-state index contributed by atoms with van der Waals surface area (Å²) in [7, 11) is 4.76. The van der Waals surface area contributed by atoms with Gasteiger partial charge < -0.3 is 14.2 Å². The van der Waals surface area contributed by atoms with E-state index in [9.17, 15) is 4.39 Å². The van der Waals surface area contributed by atoms with Crippen LogP contribution in [0.5, 0.6) is 17.2 Å². The van der Waals surface area contributed by atoms with Crippen molar-refractivity contribution in [3.8, 4) is 17.2 Å². The molecule has 5 nitrogen and oxygen atoms in total. The van der Waals surface area contributed by atoms with Crippen LogP contribution in [0.25, 0.3) is 5.70 Å². The summed E-state index contributed by atoms with van der Waals surface area (Å²) in [5.74, 6) is 1.39. The van der Waals surface area contributed by atoms with E-state index in [0.717, 1.165) is 27.0 Å². The summed E-state index contributed by atoms with van der Waals surface area (Å²) in [6.45, 7) is 0. The lowest BCUT2D eigenvalue weighted by Crippen LogP contribution is -2.34. The molecule has 0 aromatic heterocycles. The number of hydrogen-bond donors (Lipinski definition) is 1. The van der Waals surface area contributed by atoms with E-state index in [2.05, 4.69) is 27.4 Å². The first kappa shape index (κ1) is 21.1. The summed E-state index contributed by atoms with van der Waals surface area (Å²) < 4.78 is 31.1. The third-order valence-corrected chi connectivity index (χ3v) is 5.66. The van der Waals surface area contributed by atoms with Crippen molar-refractivity contribution < 1.29 is 18.6 Å². The topological polar surface area (TPSA) is 43.0 Å². The van der Waals surface area contributed by atoms with Gasteiger partial charge in [-0.05, 0) is 65.7 Å². The summed E-state index contributed by atoms with van der Waals surface area (Å²) in [6.07, 6.45) is 2.12. The predicted molar refractivity (Wildman–Crippen MR) is 123 cm³/mol. The Hall–Kier alpha value is -3.19. The molecule has 0 amide bonds. The summed E-state index contributed by atoms with van der Waals surface area (Å²) in [4.78, 5) is 0. The van der Waals surface area contributed by atoms with Gasteiger partial charge in [0.15, 0.2) is 11.5 Å². The van der Waals surface area contributed by atoms with Crippen molar-refractivity contribution >= 4 is 27.3 Å². The summed E-state index contributed by atoms with van der Waals surface area (Å²) in [5, 5.41) is 1.98. The number of anilines is 1. The van der Waals surface area contributed by atoms with Crippen LogP contribution in [0.3, 0.4) is 0 Å². The van der Waals surface area contributed by atoms with Crippen LogP contribution in [0.4, 0.5) is 10.1 Å². The highest BCUT2D eigenvalue weighted by Gasteiger charge is 2.29. The molecule has 1 aliphatic heterocycles. The average Bonchev–Trinajstić information content (AvgIpc) is 3.24. The molecule has 0 fully saturated rings. The monoisotopic (exact) mass is 484 g/mol. The number of halogens is 2. The first-order chi connectivity index (χ1) is 15.0. The Kier molecular flexibility index (Phi) is 6.04. The maximum absolute atomic E-state index is 13.6. The first-order valence-electron chi connectivity index (χ1n) is 9.63. The molecule has 0 aliphatic carbocycles. The minimum atomic E-state index is -0.284. The molecular formula is C24H22BrFN2O3. The Morgan fingerprint density at radius 1 is 0.871 bits per heavy atom. The van der Waals surface area contributed by atoms with Crippen molar-refractivity contribution in [2.24, 2.45) is 0 Å². The van der Waals surface area contributed by atoms with Gasteiger partial charge in [0.2, 0.25) is 5.75 Å². The highest BCUT2D eigenvalue weighted by atomic mass is 79.9. The number of rotatable bonds is 6. The molecule has 1 N–H and O–H groups in total. The van der Waals surface area contributed by atoms with E-state index in [4.69, 9.17) is 14.2 Å². The predicted octanol–water partition coefficient (Wildman–Crippen LogP) is 5.72. The lowest BCUT2D eigenvalue weighted by atomic mass is 10.0. The molecule has 1 unspecified atom stereocenters. The summed E-state index contributed by atoms with van der Waals surface area (Å²) in [6, 6.07) is 18.1. The Morgan fingerprint density at radius 3 is 2.03 bits per heavy atom. The van der Waals surface area contributed by atoms with Gasteiger partial charge in [-0.1, -0.05) is 28.1 Å². The number of methoxy groups -OCH3 is 3. The van der Waals surface area contributed by atoms with Crippen molar-refractivity contribution in [2.45, 2.75) is 6.04 Å². The minimum absolute atomic E-state index is 0.196. The third-order valence-electron chi connectivity index (χ3n) is 5.13. The van der Waals surface area contributed by atoms with Crippen LogP contribution in [-0.2, 0) is 0 Å². The number of nitrogens with one attached hydrogen (secondary N) is 1. The van der Waals surface area contributed by atoms with Gasteiger partial charge >= 0.3 is 0 Å². The van der Waals surface area contributed by atoms with Crippen molar-refractivity contribution in [1.29, 1.82) is 0 Å². The first-order valence-corrected chi connectivity index (χ1v) is 10.4. The van der Waals surface area contributed by atoms with E-state index in [0.29, 0.717) is 17.2 Å². The number of benzene rings is 3. The van der Waals surface area contributed by atoms with E-state index in [1.54, 1.807) is 33.5 Å². The van der Waals surface area contributed by atoms with Gasteiger partial charge in [0.1, 0.15) is 5.82 Å². The second-order valence-corrected chi connectivity index (χ2v) is 7.86. The zero-order valence-electron chi connectivity index (χ0n) is 17.4. The number of hydrazine groups is 1. The van der Waals surface area contributed by atoms with Gasteiger partial charge in [-0.2, -0.15) is 0 Å². The van der Waals surface area contributed by atoms with E-state index in [1.807, 2.05) is 41.4 Å². The van der Waals surface area contributed by atoms with Crippen molar-refractivity contribution in [1.82, 2.24) is 5.43 Å². The third kappa shape index (κ3) is 4.18. The molecule has 1 atom stereocenters. The van der Waals surface area contributed by atoms with Crippen LogP contribution in [0.1, 0.15) is 17.2 Å². The van der Waals surface area contributed by atoms with Gasteiger partial charge in [-0.15, -0.1) is 0 Å². The van der Waals surface area contributed by atoms with Crippen molar-refractivity contribution in [3.05, 3.63) is 88.2 Å². The molecule has 3 aromatic carbocycles. The quantitative estimate of drug-likeness (QED) is 0.484. The lowest BCUT2D eigenvalue weighted by Gasteiger charge is -2.28. The zero-order valence-corrected chi connectivity index (χ0v) is 18.9. The molecule has 7 heteroatoms. The zero-order chi connectivity index (χ0) is 22.0. The van der Waals surface area contributed by atoms with E-state index in [-0.39, 0.29) is 11.9 Å². The maximum Gasteiger partial charge on any atom is 0.203 e. The molecule has 0 bridgehead atoms. The lowest BCUT2D eigenvalue weighted by molar-refractivity contribution is 0.323. The molecule has 1 aliphatic rings. The highest BCUT2D eigenvalue weighted by Crippen LogP contribution is 2.43. The largest absolute Gasteiger partial charge is 0.493 e. The Labute approximate surface area is 189 Å². The molecule has 31 heavy (non-hydrogen) atoms. The van der Waals surface area contributed by atoms with Gasteiger partial charge in [0.05, 0.1) is 38.8 Å². The molecule has 160 valence electrons. The molecule has 0 radical (unpaired) electrons. The smallest absolute Gasteiger partial charge is 0.203 e. The Morgan fingerprint density at radius 2 is 1.48 bits per heavy atom. The fourth-order valence-corrected chi connectivity index (χ4v) is 3.87. The van der Waals surface area contributed by atoms with Crippen LogP contribution in [0.2, 0.25) is 0 Å². The van der Waals surface area contributed by atoms with E-state index in [1.165, 1.54) is 12.1 Å². The maximum atomic E-state index is 13.6. The number of ether oxygens (including phenoxy) is 3. The highest BCUT2D eigenvalue weighted by molar-refractivity contribution is 9.10. The molecule has 4 rings (SSSR count). The molecule has 1 heterocycles. The molecule has 0 saturated carbocycles.